The van der Waals surface area contributed by atoms with Crippen molar-refractivity contribution in [3.8, 4) is 22.8 Å². The van der Waals surface area contributed by atoms with E-state index in [4.69, 9.17) is 14.9 Å². The van der Waals surface area contributed by atoms with Crippen molar-refractivity contribution in [2.24, 2.45) is 0 Å². The van der Waals surface area contributed by atoms with Crippen LogP contribution in [-0.2, 0) is 9.84 Å². The number of hydrogen-bond donors (Lipinski definition) is 2. The molecule has 2 N–H and O–H groups in total. The lowest BCUT2D eigenvalue weighted by Crippen LogP contribution is -2.38. The van der Waals surface area contributed by atoms with Gasteiger partial charge in [0.25, 0.3) is 0 Å². The summed E-state index contributed by atoms with van der Waals surface area (Å²) in [4.78, 5) is 6.26. The van der Waals surface area contributed by atoms with Crippen molar-refractivity contribution < 1.29 is 23.0 Å². The number of thiazole rings is 1. The van der Waals surface area contributed by atoms with E-state index in [0.29, 0.717) is 34.2 Å². The number of amidine groups is 1. The summed E-state index contributed by atoms with van der Waals surface area (Å²) in [5.41, 5.74) is 1.89. The Morgan fingerprint density at radius 1 is 1.28 bits per heavy atom. The number of nitrogens with one attached hydrogen (secondary N) is 1. The molecule has 2 aliphatic rings. The maximum Gasteiger partial charge on any atom is 0.161 e. The quantitative estimate of drug-likeness (QED) is 0.742. The van der Waals surface area contributed by atoms with Crippen molar-refractivity contribution in [2.45, 2.75) is 12.5 Å². The number of rotatable bonds is 5. The molecule has 1 aromatic heterocycles. The third kappa shape index (κ3) is 3.58. The fourth-order valence-electron chi connectivity index (χ4n) is 3.67. The minimum absolute atomic E-state index is 0.0186. The lowest BCUT2D eigenvalue weighted by Gasteiger charge is -2.24. The topological polar surface area (TPSA) is 113 Å². The molecule has 1 saturated heterocycles. The van der Waals surface area contributed by atoms with Gasteiger partial charge in [0.2, 0.25) is 0 Å². The van der Waals surface area contributed by atoms with E-state index in [9.17, 15) is 13.5 Å². The summed E-state index contributed by atoms with van der Waals surface area (Å²) in [5.74, 6) is 1.52. The first-order chi connectivity index (χ1) is 13.8. The van der Waals surface area contributed by atoms with Crippen LogP contribution in [0.15, 0.2) is 29.3 Å². The Labute approximate surface area is 172 Å². The van der Waals surface area contributed by atoms with Crippen LogP contribution in [0.1, 0.15) is 11.4 Å². The summed E-state index contributed by atoms with van der Waals surface area (Å²) in [7, 11) is 0.0605. The summed E-state index contributed by atoms with van der Waals surface area (Å²) < 4.78 is 34.2. The molecule has 1 atom stereocenters. The predicted molar refractivity (Wildman–Crippen MR) is 112 cm³/mol. The van der Waals surface area contributed by atoms with Crippen LogP contribution in [0.3, 0.4) is 0 Å². The van der Waals surface area contributed by atoms with Gasteiger partial charge in [0, 0.05) is 17.0 Å². The van der Waals surface area contributed by atoms with Gasteiger partial charge in [-0.25, -0.2) is 13.4 Å². The molecule has 0 aliphatic carbocycles. The molecule has 0 amide bonds. The second kappa shape index (κ2) is 7.34. The number of hydrogen-bond acceptors (Lipinski definition) is 8. The normalized spacial score (nSPS) is 21.1. The molecule has 0 spiro atoms. The van der Waals surface area contributed by atoms with Crippen LogP contribution < -0.4 is 9.47 Å². The van der Waals surface area contributed by atoms with E-state index in [0.717, 1.165) is 5.56 Å². The van der Waals surface area contributed by atoms with Crippen molar-refractivity contribution in [3.63, 3.8) is 0 Å². The van der Waals surface area contributed by atoms with Gasteiger partial charge in [0.15, 0.2) is 21.3 Å². The Kier molecular flexibility index (Phi) is 4.99. The minimum atomic E-state index is -3.07. The largest absolute Gasteiger partial charge is 0.510 e. The smallest absolute Gasteiger partial charge is 0.161 e. The van der Waals surface area contributed by atoms with Gasteiger partial charge < -0.3 is 19.5 Å². The minimum Gasteiger partial charge on any atom is -0.510 e. The van der Waals surface area contributed by atoms with Crippen LogP contribution in [0, 0.1) is 5.41 Å². The molecule has 1 aromatic carbocycles. The summed E-state index contributed by atoms with van der Waals surface area (Å²) in [6.07, 6.45) is 0.472. The number of aliphatic hydroxyl groups excluding tert-OH is 1. The molecule has 2 aromatic rings. The van der Waals surface area contributed by atoms with Crippen LogP contribution >= 0.6 is 11.3 Å². The molecule has 1 fully saturated rings. The molecular weight excluding hydrogens is 414 g/mol. The SMILES string of the molecule is COc1ccc(-c2csc(C3=C(O)CN(C4CCS(=O)(=O)C4)C3=N)n2)cc1OC. The number of aromatic nitrogens is 1. The van der Waals surface area contributed by atoms with Crippen molar-refractivity contribution in [3.05, 3.63) is 34.3 Å². The average molecular weight is 436 g/mol. The van der Waals surface area contributed by atoms with Gasteiger partial charge >= 0.3 is 0 Å². The molecule has 4 rings (SSSR count). The lowest BCUT2D eigenvalue weighted by atomic mass is 10.1. The lowest BCUT2D eigenvalue weighted by molar-refractivity contribution is 0.309. The maximum absolute atomic E-state index is 11.8. The Morgan fingerprint density at radius 3 is 2.69 bits per heavy atom. The van der Waals surface area contributed by atoms with Gasteiger partial charge in [-0.15, -0.1) is 11.3 Å². The highest BCUT2D eigenvalue weighted by Gasteiger charge is 2.39. The average Bonchev–Trinajstić information content (AvgIpc) is 3.38. The molecule has 29 heavy (non-hydrogen) atoms. The highest BCUT2D eigenvalue weighted by atomic mass is 32.2. The van der Waals surface area contributed by atoms with E-state index in [1.54, 1.807) is 25.2 Å². The Bertz CT molecular complexity index is 1110. The number of ether oxygens (including phenoxy) is 2. The van der Waals surface area contributed by atoms with Crippen LogP contribution in [0.5, 0.6) is 11.5 Å². The highest BCUT2D eigenvalue weighted by molar-refractivity contribution is 7.91. The summed E-state index contributed by atoms with van der Waals surface area (Å²) in [6.45, 7) is 0.139. The third-order valence-corrected chi connectivity index (χ3v) is 7.79. The first-order valence-electron chi connectivity index (χ1n) is 8.99. The predicted octanol–water partition coefficient (Wildman–Crippen LogP) is 2.58. The number of methoxy groups -OCH3 is 2. The van der Waals surface area contributed by atoms with Crippen LogP contribution in [0.2, 0.25) is 0 Å². The monoisotopic (exact) mass is 435 g/mol. The fraction of sp³-hybridized carbons (Fsp3) is 0.368. The molecule has 0 radical (unpaired) electrons. The highest BCUT2D eigenvalue weighted by Crippen LogP contribution is 2.36. The molecule has 3 heterocycles. The van der Waals surface area contributed by atoms with Crippen molar-refractivity contribution in [1.82, 2.24) is 9.88 Å². The Morgan fingerprint density at radius 2 is 2.03 bits per heavy atom. The molecule has 0 saturated carbocycles. The summed E-state index contributed by atoms with van der Waals surface area (Å²) >= 11 is 1.33. The first kappa shape index (κ1) is 19.7. The Balaban J connectivity index is 1.60. The van der Waals surface area contributed by atoms with E-state index in [1.165, 1.54) is 11.3 Å². The number of aliphatic hydroxyl groups is 1. The number of sulfone groups is 1. The van der Waals surface area contributed by atoms with Gasteiger partial charge in [-0.1, -0.05) is 0 Å². The molecular formula is C19H21N3O5S2. The van der Waals surface area contributed by atoms with E-state index in [2.05, 4.69) is 4.98 Å². The molecule has 154 valence electrons. The van der Waals surface area contributed by atoms with Crippen LogP contribution in [-0.4, -0.2) is 67.6 Å². The van der Waals surface area contributed by atoms with E-state index >= 15 is 0 Å². The standard InChI is InChI=1S/C19H21N3O5S2/c1-26-15-4-3-11(7-16(15)27-2)13-9-28-19(21-13)17-14(23)8-22(18(17)20)12-5-6-29(24,25)10-12/h3-4,7,9,12,20,23H,5-6,8,10H2,1-2H3. The van der Waals surface area contributed by atoms with E-state index in [-0.39, 0.29) is 35.7 Å². The van der Waals surface area contributed by atoms with Gasteiger partial charge in [0.1, 0.15) is 16.6 Å². The molecule has 0 bridgehead atoms. The second-order valence-corrected chi connectivity index (χ2v) is 10.0. The maximum atomic E-state index is 11.8. The van der Waals surface area contributed by atoms with Gasteiger partial charge in [-0.2, -0.15) is 0 Å². The van der Waals surface area contributed by atoms with Gasteiger partial charge in [-0.3, -0.25) is 5.41 Å². The molecule has 2 aliphatic heterocycles. The second-order valence-electron chi connectivity index (χ2n) is 6.96. The Hall–Kier alpha value is -2.59. The van der Waals surface area contributed by atoms with Crippen molar-refractivity contribution in [1.29, 1.82) is 5.41 Å². The zero-order chi connectivity index (χ0) is 20.8. The van der Waals surface area contributed by atoms with Crippen LogP contribution in [0.4, 0.5) is 0 Å². The van der Waals surface area contributed by atoms with Gasteiger partial charge in [0.05, 0.1) is 43.5 Å². The number of nitrogens with zero attached hydrogens (tertiary/aromatic N) is 2. The zero-order valence-corrected chi connectivity index (χ0v) is 17.6. The van der Waals surface area contributed by atoms with Crippen molar-refractivity contribution >= 4 is 32.6 Å². The van der Waals surface area contributed by atoms with E-state index < -0.39 is 9.84 Å². The van der Waals surface area contributed by atoms with Crippen molar-refractivity contribution in [2.75, 3.05) is 32.3 Å². The molecule has 10 heteroatoms. The zero-order valence-electron chi connectivity index (χ0n) is 16.0. The number of benzene rings is 1. The summed E-state index contributed by atoms with van der Waals surface area (Å²) in [6, 6.07) is 5.20. The summed E-state index contributed by atoms with van der Waals surface area (Å²) in [5, 5.41) is 21.4. The third-order valence-electron chi connectivity index (χ3n) is 5.18. The van der Waals surface area contributed by atoms with Gasteiger partial charge in [-0.05, 0) is 24.6 Å². The fourth-order valence-corrected chi connectivity index (χ4v) is 6.30. The van der Waals surface area contributed by atoms with Crippen LogP contribution in [0.25, 0.3) is 16.8 Å². The first-order valence-corrected chi connectivity index (χ1v) is 11.7. The van der Waals surface area contributed by atoms with E-state index in [1.807, 2.05) is 17.5 Å². The molecule has 1 unspecified atom stereocenters. The molecule has 8 nitrogen and oxygen atoms in total.